The summed E-state index contributed by atoms with van der Waals surface area (Å²) in [4.78, 5) is 26.6. The predicted molar refractivity (Wildman–Crippen MR) is 127 cm³/mol. The van der Waals surface area contributed by atoms with Gasteiger partial charge in [0.15, 0.2) is 0 Å². The Bertz CT molecular complexity index is 1040. The Morgan fingerprint density at radius 3 is 2.33 bits per heavy atom. The van der Waals surface area contributed by atoms with Crippen molar-refractivity contribution in [1.82, 2.24) is 15.6 Å². The molecule has 1 aromatic carbocycles. The number of carbonyl (C=O) groups is 2. The average molecular weight is 495 g/mol. The molecule has 1 saturated heterocycles. The fourth-order valence-electron chi connectivity index (χ4n) is 3.46. The molecule has 2 heterocycles. The van der Waals surface area contributed by atoms with Crippen LogP contribution < -0.4 is 25.4 Å². The molecule has 2 unspecified atom stereocenters. The van der Waals surface area contributed by atoms with E-state index in [1.165, 1.54) is 14.2 Å². The fourth-order valence-corrected chi connectivity index (χ4v) is 4.17. The van der Waals surface area contributed by atoms with Crippen molar-refractivity contribution in [3.8, 4) is 11.5 Å². The molecule has 1 aliphatic heterocycles. The number of aromatic nitrogens is 1. The van der Waals surface area contributed by atoms with Crippen LogP contribution >= 0.6 is 23.2 Å². The van der Waals surface area contributed by atoms with Gasteiger partial charge in [-0.25, -0.2) is 4.98 Å². The maximum Gasteiger partial charge on any atom is 0.211 e. The van der Waals surface area contributed by atoms with Crippen LogP contribution in [-0.2, 0) is 14.3 Å². The summed E-state index contributed by atoms with van der Waals surface area (Å²) in [5.74, 6) is 1.32. The van der Waals surface area contributed by atoms with Crippen molar-refractivity contribution in [1.29, 1.82) is 0 Å². The van der Waals surface area contributed by atoms with E-state index in [1.807, 2.05) is 13.0 Å². The number of halogens is 2. The minimum absolute atomic E-state index is 0.0994. The molecule has 1 aromatic heterocycles. The molecule has 0 spiro atoms. The van der Waals surface area contributed by atoms with Crippen LogP contribution in [0.2, 0.25) is 10.0 Å². The first-order chi connectivity index (χ1) is 15.9. The zero-order chi connectivity index (χ0) is 24.0. The lowest BCUT2D eigenvalue weighted by molar-refractivity contribution is -0.110. The van der Waals surface area contributed by atoms with Crippen LogP contribution in [0.25, 0.3) is 11.8 Å². The Morgan fingerprint density at radius 2 is 1.76 bits per heavy atom. The SMILES string of the molecule is COc1cc(OC)c(Cl)c(/C(=C/c2cnc(NC3COCC3NC=O)cc2C)NC=O)c1Cl. The molecule has 2 atom stereocenters. The maximum atomic E-state index is 11.4. The summed E-state index contributed by atoms with van der Waals surface area (Å²) in [5.41, 5.74) is 2.30. The average Bonchev–Trinajstić information content (AvgIpc) is 3.22. The van der Waals surface area contributed by atoms with Crippen LogP contribution in [0.3, 0.4) is 0 Å². The molecule has 0 radical (unpaired) electrons. The first-order valence-corrected chi connectivity index (χ1v) is 10.7. The highest BCUT2D eigenvalue weighted by molar-refractivity contribution is 6.39. The summed E-state index contributed by atoms with van der Waals surface area (Å²) in [6, 6.07) is 3.19. The molecule has 2 aromatic rings. The molecule has 0 aliphatic carbocycles. The van der Waals surface area contributed by atoms with Gasteiger partial charge in [-0.05, 0) is 30.2 Å². The molecular formula is C22H24Cl2N4O5. The molecule has 176 valence electrons. The second-order valence-corrected chi connectivity index (χ2v) is 7.97. The summed E-state index contributed by atoms with van der Waals surface area (Å²) < 4.78 is 16.1. The highest BCUT2D eigenvalue weighted by atomic mass is 35.5. The number of methoxy groups -OCH3 is 2. The molecule has 3 N–H and O–H groups in total. The third-order valence-electron chi connectivity index (χ3n) is 5.20. The molecule has 1 fully saturated rings. The van der Waals surface area contributed by atoms with Crippen molar-refractivity contribution in [2.75, 3.05) is 32.8 Å². The molecule has 0 bridgehead atoms. The minimum atomic E-state index is -0.139. The topological polar surface area (TPSA) is 111 Å². The fraction of sp³-hybridized carbons (Fsp3) is 0.318. The Labute approximate surface area is 201 Å². The van der Waals surface area contributed by atoms with Gasteiger partial charge in [0.05, 0.1) is 55.3 Å². The van der Waals surface area contributed by atoms with Gasteiger partial charge in [-0.1, -0.05) is 23.2 Å². The van der Waals surface area contributed by atoms with Crippen molar-refractivity contribution in [2.45, 2.75) is 19.0 Å². The lowest BCUT2D eigenvalue weighted by Gasteiger charge is -2.19. The molecule has 0 saturated carbocycles. The number of hydrogen-bond acceptors (Lipinski definition) is 7. The van der Waals surface area contributed by atoms with Gasteiger partial charge < -0.3 is 30.2 Å². The molecule has 1 aliphatic rings. The van der Waals surface area contributed by atoms with Gasteiger partial charge in [-0.3, -0.25) is 9.59 Å². The highest BCUT2D eigenvalue weighted by Gasteiger charge is 2.28. The summed E-state index contributed by atoms with van der Waals surface area (Å²) in [5, 5.41) is 9.11. The van der Waals surface area contributed by atoms with Gasteiger partial charge in [-0.15, -0.1) is 0 Å². The number of carbonyl (C=O) groups excluding carboxylic acids is 2. The van der Waals surface area contributed by atoms with E-state index in [9.17, 15) is 9.59 Å². The molecule has 11 heteroatoms. The van der Waals surface area contributed by atoms with E-state index in [0.717, 1.165) is 11.1 Å². The van der Waals surface area contributed by atoms with E-state index >= 15 is 0 Å². The number of benzene rings is 1. The number of pyridine rings is 1. The first-order valence-electron chi connectivity index (χ1n) is 9.96. The summed E-state index contributed by atoms with van der Waals surface area (Å²) >= 11 is 13.0. The van der Waals surface area contributed by atoms with E-state index in [4.69, 9.17) is 37.4 Å². The molecule has 3 rings (SSSR count). The molecular weight excluding hydrogens is 471 g/mol. The number of rotatable bonds is 10. The zero-order valence-electron chi connectivity index (χ0n) is 18.3. The highest BCUT2D eigenvalue weighted by Crippen LogP contribution is 2.43. The van der Waals surface area contributed by atoms with Crippen molar-refractivity contribution in [3.05, 3.63) is 45.1 Å². The number of nitrogens with one attached hydrogen (secondary N) is 3. The Hall–Kier alpha value is -3.01. The van der Waals surface area contributed by atoms with Gasteiger partial charge >= 0.3 is 0 Å². The van der Waals surface area contributed by atoms with Crippen LogP contribution in [0, 0.1) is 6.92 Å². The Kier molecular flexibility index (Phi) is 8.37. The van der Waals surface area contributed by atoms with Crippen molar-refractivity contribution in [3.63, 3.8) is 0 Å². The predicted octanol–water partition coefficient (Wildman–Crippen LogP) is 2.88. The molecule has 2 amide bonds. The minimum Gasteiger partial charge on any atom is -0.495 e. The first kappa shape index (κ1) is 24.6. The van der Waals surface area contributed by atoms with Gasteiger partial charge in [0.1, 0.15) is 17.3 Å². The third-order valence-corrected chi connectivity index (χ3v) is 5.95. The van der Waals surface area contributed by atoms with Gasteiger partial charge in [0, 0.05) is 17.8 Å². The Morgan fingerprint density at radius 1 is 1.09 bits per heavy atom. The monoisotopic (exact) mass is 494 g/mol. The Balaban J connectivity index is 1.96. The van der Waals surface area contributed by atoms with Crippen LogP contribution in [0.15, 0.2) is 18.3 Å². The number of ether oxygens (including phenoxy) is 3. The maximum absolute atomic E-state index is 11.4. The standard InChI is InChI=1S/C22H24Cl2N4O5/c1-12-4-19(28-16-9-33-8-15(16)27-11-30)25-7-13(12)5-14(26-10-29)20-21(23)17(31-2)6-18(32-3)22(20)24/h4-7,10-11,15-16H,8-9H2,1-3H3,(H,25,28)(H,26,29)(H,27,30)/b14-5-. The summed E-state index contributed by atoms with van der Waals surface area (Å²) in [6.07, 6.45) is 4.55. The van der Waals surface area contributed by atoms with Gasteiger partial charge in [0.2, 0.25) is 12.8 Å². The normalized spacial score (nSPS) is 17.9. The number of amides is 2. The van der Waals surface area contributed by atoms with E-state index in [-0.39, 0.29) is 22.1 Å². The van der Waals surface area contributed by atoms with Crippen molar-refractivity contribution < 1.29 is 23.8 Å². The van der Waals surface area contributed by atoms with Crippen LogP contribution in [-0.4, -0.2) is 57.3 Å². The third kappa shape index (κ3) is 5.50. The lowest BCUT2D eigenvalue weighted by Crippen LogP contribution is -2.42. The second-order valence-electron chi connectivity index (χ2n) is 7.21. The van der Waals surface area contributed by atoms with Crippen LogP contribution in [0.4, 0.5) is 5.82 Å². The number of hydrogen-bond donors (Lipinski definition) is 3. The van der Waals surface area contributed by atoms with E-state index in [1.54, 1.807) is 18.3 Å². The zero-order valence-corrected chi connectivity index (χ0v) is 19.8. The second kappa shape index (κ2) is 11.2. The van der Waals surface area contributed by atoms with Crippen molar-refractivity contribution >= 4 is 53.6 Å². The summed E-state index contributed by atoms with van der Waals surface area (Å²) in [6.45, 7) is 2.79. The quantitative estimate of drug-likeness (QED) is 0.435. The van der Waals surface area contributed by atoms with Gasteiger partial charge in [-0.2, -0.15) is 0 Å². The molecule has 33 heavy (non-hydrogen) atoms. The van der Waals surface area contributed by atoms with E-state index in [2.05, 4.69) is 20.9 Å². The van der Waals surface area contributed by atoms with Crippen LogP contribution in [0.5, 0.6) is 11.5 Å². The summed E-state index contributed by atoms with van der Waals surface area (Å²) in [7, 11) is 2.94. The van der Waals surface area contributed by atoms with E-state index in [0.29, 0.717) is 54.6 Å². The van der Waals surface area contributed by atoms with Gasteiger partial charge in [0.25, 0.3) is 0 Å². The number of nitrogens with zero attached hydrogens (tertiary/aromatic N) is 1. The number of anilines is 1. The largest absolute Gasteiger partial charge is 0.495 e. The van der Waals surface area contributed by atoms with Crippen LogP contribution in [0.1, 0.15) is 16.7 Å². The smallest absolute Gasteiger partial charge is 0.211 e. The lowest BCUT2D eigenvalue weighted by atomic mass is 10.1. The molecule has 9 nitrogen and oxygen atoms in total. The van der Waals surface area contributed by atoms with E-state index < -0.39 is 0 Å². The van der Waals surface area contributed by atoms with Crippen molar-refractivity contribution in [2.24, 2.45) is 0 Å². The number of aryl methyl sites for hydroxylation is 1.